The minimum Gasteiger partial charge on any atom is -0.398 e. The SMILES string of the molecule is Cc1cc(N)c(S(=O)(=O)Nc2ccccc2C#N)cc1C. The molecule has 0 bridgehead atoms. The summed E-state index contributed by atoms with van der Waals surface area (Å²) in [5, 5.41) is 9.01. The molecule has 3 N–H and O–H groups in total. The molecule has 0 aliphatic rings. The van der Waals surface area contributed by atoms with Gasteiger partial charge >= 0.3 is 0 Å². The molecule has 6 heteroatoms. The van der Waals surface area contributed by atoms with Crippen LogP contribution in [-0.2, 0) is 10.0 Å². The first-order valence-corrected chi connectivity index (χ1v) is 7.72. The van der Waals surface area contributed by atoms with Crippen molar-refractivity contribution >= 4 is 21.4 Å². The number of aryl methyl sites for hydroxylation is 2. The third-order valence-electron chi connectivity index (χ3n) is 3.21. The highest BCUT2D eigenvalue weighted by atomic mass is 32.2. The van der Waals surface area contributed by atoms with Crippen molar-refractivity contribution in [1.82, 2.24) is 0 Å². The Morgan fingerprint density at radius 3 is 2.43 bits per heavy atom. The first kappa shape index (κ1) is 14.9. The van der Waals surface area contributed by atoms with Crippen LogP contribution in [0, 0.1) is 25.2 Å². The smallest absolute Gasteiger partial charge is 0.263 e. The van der Waals surface area contributed by atoms with Gasteiger partial charge in [-0.2, -0.15) is 5.26 Å². The normalized spacial score (nSPS) is 10.9. The Morgan fingerprint density at radius 2 is 1.76 bits per heavy atom. The van der Waals surface area contributed by atoms with E-state index in [0.717, 1.165) is 11.1 Å². The lowest BCUT2D eigenvalue weighted by Crippen LogP contribution is -2.16. The van der Waals surface area contributed by atoms with E-state index in [4.69, 9.17) is 11.0 Å². The molecule has 0 spiro atoms. The van der Waals surface area contributed by atoms with Crippen molar-refractivity contribution in [2.75, 3.05) is 10.5 Å². The molecular weight excluding hydrogens is 286 g/mol. The van der Waals surface area contributed by atoms with Gasteiger partial charge in [-0.3, -0.25) is 4.72 Å². The van der Waals surface area contributed by atoms with Crippen LogP contribution >= 0.6 is 0 Å². The molecule has 2 aromatic rings. The van der Waals surface area contributed by atoms with Crippen LogP contribution < -0.4 is 10.5 Å². The van der Waals surface area contributed by atoms with Crippen molar-refractivity contribution < 1.29 is 8.42 Å². The largest absolute Gasteiger partial charge is 0.398 e. The monoisotopic (exact) mass is 301 g/mol. The van der Waals surface area contributed by atoms with Crippen LogP contribution in [0.4, 0.5) is 11.4 Å². The van der Waals surface area contributed by atoms with Gasteiger partial charge in [-0.15, -0.1) is 0 Å². The molecule has 0 aromatic heterocycles. The zero-order valence-electron chi connectivity index (χ0n) is 11.7. The van der Waals surface area contributed by atoms with Crippen LogP contribution in [-0.4, -0.2) is 8.42 Å². The van der Waals surface area contributed by atoms with Gasteiger partial charge in [0.25, 0.3) is 10.0 Å². The number of benzene rings is 2. The van der Waals surface area contributed by atoms with Crippen LogP contribution in [0.25, 0.3) is 0 Å². The zero-order valence-corrected chi connectivity index (χ0v) is 12.5. The van der Waals surface area contributed by atoms with Gasteiger partial charge in [-0.05, 0) is 49.2 Å². The van der Waals surface area contributed by atoms with Crippen molar-refractivity contribution in [1.29, 1.82) is 5.26 Å². The molecule has 0 unspecified atom stereocenters. The van der Waals surface area contributed by atoms with Crippen molar-refractivity contribution in [3.8, 4) is 6.07 Å². The number of hydrogen-bond donors (Lipinski definition) is 2. The third-order valence-corrected chi connectivity index (χ3v) is 4.63. The van der Waals surface area contributed by atoms with Crippen LogP contribution in [0.2, 0.25) is 0 Å². The minimum absolute atomic E-state index is 0.0124. The summed E-state index contributed by atoms with van der Waals surface area (Å²) in [6.07, 6.45) is 0. The number of anilines is 2. The molecule has 108 valence electrons. The van der Waals surface area contributed by atoms with Gasteiger partial charge < -0.3 is 5.73 Å². The summed E-state index contributed by atoms with van der Waals surface area (Å²) in [6, 6.07) is 11.5. The number of hydrogen-bond acceptors (Lipinski definition) is 4. The van der Waals surface area contributed by atoms with E-state index in [-0.39, 0.29) is 21.8 Å². The molecule has 21 heavy (non-hydrogen) atoms. The average molecular weight is 301 g/mol. The second-order valence-electron chi connectivity index (χ2n) is 4.74. The second kappa shape index (κ2) is 5.46. The van der Waals surface area contributed by atoms with Crippen molar-refractivity contribution in [3.05, 3.63) is 53.1 Å². The van der Waals surface area contributed by atoms with E-state index >= 15 is 0 Å². The van der Waals surface area contributed by atoms with Gasteiger partial charge in [0, 0.05) is 0 Å². The quantitative estimate of drug-likeness (QED) is 0.851. The second-order valence-corrected chi connectivity index (χ2v) is 6.39. The predicted octanol–water partition coefficient (Wildman–Crippen LogP) is 2.56. The maximum Gasteiger partial charge on any atom is 0.263 e. The summed E-state index contributed by atoms with van der Waals surface area (Å²) in [6.45, 7) is 3.68. The van der Waals surface area contributed by atoms with E-state index in [0.29, 0.717) is 0 Å². The maximum atomic E-state index is 12.5. The van der Waals surface area contributed by atoms with Gasteiger partial charge in [0.2, 0.25) is 0 Å². The topological polar surface area (TPSA) is 96.0 Å². The number of nitrogens with two attached hydrogens (primary N) is 1. The Kier molecular flexibility index (Phi) is 3.87. The Hall–Kier alpha value is -2.52. The van der Waals surface area contributed by atoms with E-state index in [1.165, 1.54) is 12.1 Å². The van der Waals surface area contributed by atoms with Crippen molar-refractivity contribution in [2.24, 2.45) is 0 Å². The molecule has 2 rings (SSSR count). The Morgan fingerprint density at radius 1 is 1.14 bits per heavy atom. The first-order chi connectivity index (χ1) is 9.85. The highest BCUT2D eigenvalue weighted by Gasteiger charge is 2.19. The highest BCUT2D eigenvalue weighted by Crippen LogP contribution is 2.26. The number of nitrogens with zero attached hydrogens (tertiary/aromatic N) is 1. The van der Waals surface area contributed by atoms with E-state index in [2.05, 4.69) is 4.72 Å². The minimum atomic E-state index is -3.84. The maximum absolute atomic E-state index is 12.5. The van der Waals surface area contributed by atoms with Crippen molar-refractivity contribution in [2.45, 2.75) is 18.7 Å². The number of para-hydroxylation sites is 1. The summed E-state index contributed by atoms with van der Waals surface area (Å²) in [4.78, 5) is 0.0124. The van der Waals surface area contributed by atoms with E-state index in [1.54, 1.807) is 24.3 Å². The van der Waals surface area contributed by atoms with Crippen LogP contribution in [0.5, 0.6) is 0 Å². The molecule has 0 saturated carbocycles. The van der Waals surface area contributed by atoms with Crippen LogP contribution in [0.15, 0.2) is 41.3 Å². The van der Waals surface area contributed by atoms with E-state index < -0.39 is 10.0 Å². The predicted molar refractivity (Wildman–Crippen MR) is 82.3 cm³/mol. The fourth-order valence-electron chi connectivity index (χ4n) is 1.91. The fourth-order valence-corrected chi connectivity index (χ4v) is 3.19. The van der Waals surface area contributed by atoms with Gasteiger partial charge in [0.05, 0.1) is 16.9 Å². The lowest BCUT2D eigenvalue weighted by molar-refractivity contribution is 0.601. The third kappa shape index (κ3) is 2.98. The summed E-state index contributed by atoms with van der Waals surface area (Å²) in [5.74, 6) is 0. The molecule has 0 heterocycles. The fraction of sp³-hybridized carbons (Fsp3) is 0.133. The molecule has 2 aromatic carbocycles. The highest BCUT2D eigenvalue weighted by molar-refractivity contribution is 7.92. The standard InChI is InChI=1S/C15H15N3O2S/c1-10-7-13(17)15(8-11(10)2)21(19,20)18-14-6-4-3-5-12(14)9-16/h3-8,18H,17H2,1-2H3. The molecule has 0 amide bonds. The van der Waals surface area contributed by atoms with Crippen molar-refractivity contribution in [3.63, 3.8) is 0 Å². The lowest BCUT2D eigenvalue weighted by Gasteiger charge is -2.13. The molecule has 0 saturated heterocycles. The van der Waals surface area contributed by atoms with E-state index in [9.17, 15) is 8.42 Å². The summed E-state index contributed by atoms with van der Waals surface area (Å²) < 4.78 is 27.3. The van der Waals surface area contributed by atoms with Gasteiger partial charge in [0.1, 0.15) is 11.0 Å². The zero-order chi connectivity index (χ0) is 15.6. The Bertz CT molecular complexity index is 836. The lowest BCUT2D eigenvalue weighted by atomic mass is 10.1. The molecule has 5 nitrogen and oxygen atoms in total. The summed E-state index contributed by atoms with van der Waals surface area (Å²) >= 11 is 0. The molecule has 0 aliphatic carbocycles. The molecule has 0 aliphatic heterocycles. The number of nitrogens with one attached hydrogen (secondary N) is 1. The molecule has 0 fully saturated rings. The summed E-state index contributed by atoms with van der Waals surface area (Å²) in [5.41, 5.74) is 8.24. The first-order valence-electron chi connectivity index (χ1n) is 6.24. The Labute approximate surface area is 124 Å². The number of nitrogen functional groups attached to an aromatic ring is 1. The van der Waals surface area contributed by atoms with Crippen LogP contribution in [0.3, 0.4) is 0 Å². The van der Waals surface area contributed by atoms with Gasteiger partial charge in [0.15, 0.2) is 0 Å². The number of rotatable bonds is 3. The Balaban J connectivity index is 2.49. The molecule has 0 radical (unpaired) electrons. The molecule has 0 atom stereocenters. The number of sulfonamides is 1. The van der Waals surface area contributed by atoms with E-state index in [1.807, 2.05) is 19.9 Å². The van der Waals surface area contributed by atoms with Crippen LogP contribution in [0.1, 0.15) is 16.7 Å². The average Bonchev–Trinajstić information content (AvgIpc) is 2.43. The molecular formula is C15H15N3O2S. The number of nitriles is 1. The van der Waals surface area contributed by atoms with Gasteiger partial charge in [-0.25, -0.2) is 8.42 Å². The van der Waals surface area contributed by atoms with Gasteiger partial charge in [-0.1, -0.05) is 12.1 Å². The summed E-state index contributed by atoms with van der Waals surface area (Å²) in [7, 11) is -3.84.